The normalized spacial score (nSPS) is 16.9. The second kappa shape index (κ2) is 8.03. The summed E-state index contributed by atoms with van der Waals surface area (Å²) in [4.78, 5) is 24.7. The fraction of sp³-hybridized carbons (Fsp3) is 0.474. The first kappa shape index (κ1) is 18.6. The van der Waals surface area contributed by atoms with E-state index in [9.17, 15) is 9.59 Å². The van der Waals surface area contributed by atoms with Crippen LogP contribution in [-0.2, 0) is 4.79 Å². The number of anilines is 1. The number of hydrogen-bond acceptors (Lipinski definition) is 4. The van der Waals surface area contributed by atoms with Gasteiger partial charge < -0.3 is 10.1 Å². The summed E-state index contributed by atoms with van der Waals surface area (Å²) in [7, 11) is 0. The lowest BCUT2D eigenvalue weighted by molar-refractivity contribution is -0.113. The van der Waals surface area contributed by atoms with Crippen molar-refractivity contribution in [2.45, 2.75) is 44.9 Å². The third-order valence-corrected chi connectivity index (χ3v) is 5.60. The topological polar surface area (TPSA) is 76.1 Å². The van der Waals surface area contributed by atoms with Crippen molar-refractivity contribution in [2.75, 3.05) is 17.7 Å². The molecule has 0 unspecified atom stereocenters. The standard InChI is InChI=1S/C19H25N3O3S/c1-4-5-10-25-14-8-6-13(7-9-14)17-16-18(20-15(23)11-26-17)22(12(2)3)21-19(16)24/h6-9,12,17H,4-5,10-11H2,1-3H3,(H,20,23)(H,21,24)/t17-/m0/s1. The van der Waals surface area contributed by atoms with Gasteiger partial charge in [0.25, 0.3) is 5.56 Å². The van der Waals surface area contributed by atoms with Crippen LogP contribution >= 0.6 is 11.8 Å². The van der Waals surface area contributed by atoms with E-state index in [-0.39, 0.29) is 22.8 Å². The molecule has 0 saturated carbocycles. The monoisotopic (exact) mass is 375 g/mol. The van der Waals surface area contributed by atoms with Gasteiger partial charge in [0, 0.05) is 6.04 Å². The summed E-state index contributed by atoms with van der Waals surface area (Å²) < 4.78 is 7.45. The summed E-state index contributed by atoms with van der Waals surface area (Å²) in [6, 6.07) is 7.86. The van der Waals surface area contributed by atoms with Gasteiger partial charge in [-0.3, -0.25) is 19.4 Å². The third-order valence-electron chi connectivity index (χ3n) is 4.33. The average molecular weight is 375 g/mol. The fourth-order valence-corrected chi connectivity index (χ4v) is 4.09. The maximum atomic E-state index is 12.6. The number of hydrogen-bond donors (Lipinski definition) is 2. The third kappa shape index (κ3) is 3.82. The molecule has 26 heavy (non-hydrogen) atoms. The Kier molecular flexibility index (Phi) is 5.76. The summed E-state index contributed by atoms with van der Waals surface area (Å²) >= 11 is 1.47. The zero-order valence-electron chi connectivity index (χ0n) is 15.4. The SMILES string of the molecule is CCCCOc1ccc([C@@H]2SCC(=O)Nc3c2c(=O)[nH]n3C(C)C)cc1. The van der Waals surface area contributed by atoms with Crippen LogP contribution in [0.4, 0.5) is 5.82 Å². The van der Waals surface area contributed by atoms with Gasteiger partial charge in [0.15, 0.2) is 0 Å². The number of benzene rings is 1. The molecule has 1 aromatic carbocycles. The Hall–Kier alpha value is -2.15. The molecular weight excluding hydrogens is 350 g/mol. The molecule has 0 bridgehead atoms. The number of nitrogens with zero attached hydrogens (tertiary/aromatic N) is 1. The minimum atomic E-state index is -0.197. The first-order valence-corrected chi connectivity index (χ1v) is 10.0. The van der Waals surface area contributed by atoms with Crippen molar-refractivity contribution in [3.63, 3.8) is 0 Å². The molecule has 6 nitrogen and oxygen atoms in total. The van der Waals surface area contributed by atoms with Crippen molar-refractivity contribution in [1.82, 2.24) is 9.78 Å². The fourth-order valence-electron chi connectivity index (χ4n) is 2.97. The maximum Gasteiger partial charge on any atom is 0.270 e. The van der Waals surface area contributed by atoms with Gasteiger partial charge in [-0.05, 0) is 38.0 Å². The maximum absolute atomic E-state index is 12.6. The predicted octanol–water partition coefficient (Wildman–Crippen LogP) is 3.71. The highest BCUT2D eigenvalue weighted by molar-refractivity contribution is 8.00. The van der Waals surface area contributed by atoms with E-state index in [1.807, 2.05) is 38.1 Å². The molecular formula is C19H25N3O3S. The zero-order chi connectivity index (χ0) is 18.7. The second-order valence-electron chi connectivity index (χ2n) is 6.68. The first-order valence-electron chi connectivity index (χ1n) is 8.99. The Labute approximate surface area is 157 Å². The van der Waals surface area contributed by atoms with E-state index in [0.29, 0.717) is 23.7 Å². The lowest BCUT2D eigenvalue weighted by Crippen LogP contribution is -2.17. The molecule has 0 aliphatic carbocycles. The molecule has 0 saturated heterocycles. The molecule has 2 aromatic rings. The number of nitrogens with one attached hydrogen (secondary N) is 2. The molecule has 1 atom stereocenters. The summed E-state index contributed by atoms with van der Waals surface area (Å²) in [6.45, 7) is 6.77. The van der Waals surface area contributed by atoms with Crippen LogP contribution < -0.4 is 15.6 Å². The van der Waals surface area contributed by atoms with E-state index < -0.39 is 0 Å². The summed E-state index contributed by atoms with van der Waals surface area (Å²) in [5.41, 5.74) is 1.44. The van der Waals surface area contributed by atoms with Gasteiger partial charge in [0.1, 0.15) is 11.6 Å². The molecule has 3 rings (SSSR count). The number of amides is 1. The Bertz CT molecular complexity index is 824. The molecule has 0 radical (unpaired) electrons. The molecule has 1 aromatic heterocycles. The summed E-state index contributed by atoms with van der Waals surface area (Å²) in [5, 5.41) is 5.55. The van der Waals surface area contributed by atoms with Crippen molar-refractivity contribution in [1.29, 1.82) is 0 Å². The lowest BCUT2D eigenvalue weighted by atomic mass is 10.1. The number of carbonyl (C=O) groups excluding carboxylic acids is 1. The molecule has 1 amide bonds. The quantitative estimate of drug-likeness (QED) is 0.755. The summed E-state index contributed by atoms with van der Waals surface area (Å²) in [6.07, 6.45) is 2.12. The van der Waals surface area contributed by atoms with Crippen molar-refractivity contribution in [3.8, 4) is 5.75 Å². The largest absolute Gasteiger partial charge is 0.494 e. The minimum absolute atomic E-state index is 0.0461. The number of fused-ring (bicyclic) bond motifs is 1. The van der Waals surface area contributed by atoms with Crippen LogP contribution in [0, 0.1) is 0 Å². The van der Waals surface area contributed by atoms with Crippen LogP contribution in [0.25, 0.3) is 0 Å². The minimum Gasteiger partial charge on any atom is -0.494 e. The number of aromatic amines is 1. The summed E-state index contributed by atoms with van der Waals surface area (Å²) in [5.74, 6) is 1.62. The molecule has 0 fully saturated rings. The molecule has 1 aliphatic rings. The second-order valence-corrected chi connectivity index (χ2v) is 7.77. The Morgan fingerprint density at radius 1 is 1.27 bits per heavy atom. The van der Waals surface area contributed by atoms with Gasteiger partial charge in [-0.2, -0.15) is 0 Å². The van der Waals surface area contributed by atoms with Crippen LogP contribution in [0.1, 0.15) is 56.0 Å². The average Bonchev–Trinajstić information content (AvgIpc) is 2.83. The van der Waals surface area contributed by atoms with Crippen LogP contribution in [-0.4, -0.2) is 28.0 Å². The molecule has 140 valence electrons. The number of ether oxygens (including phenoxy) is 1. The van der Waals surface area contributed by atoms with Gasteiger partial charge in [-0.15, -0.1) is 11.8 Å². The lowest BCUT2D eigenvalue weighted by Gasteiger charge is -2.15. The van der Waals surface area contributed by atoms with Gasteiger partial charge in [-0.25, -0.2) is 0 Å². The van der Waals surface area contributed by atoms with E-state index >= 15 is 0 Å². The van der Waals surface area contributed by atoms with E-state index in [4.69, 9.17) is 4.74 Å². The molecule has 1 aliphatic heterocycles. The van der Waals surface area contributed by atoms with Crippen molar-refractivity contribution < 1.29 is 9.53 Å². The van der Waals surface area contributed by atoms with E-state index in [1.54, 1.807) is 4.68 Å². The van der Waals surface area contributed by atoms with Gasteiger partial charge in [0.2, 0.25) is 5.91 Å². The number of carbonyl (C=O) groups is 1. The zero-order valence-corrected chi connectivity index (χ0v) is 16.2. The smallest absolute Gasteiger partial charge is 0.270 e. The number of H-pyrrole nitrogens is 1. The van der Waals surface area contributed by atoms with E-state index in [0.717, 1.165) is 24.2 Å². The Morgan fingerprint density at radius 2 is 2.00 bits per heavy atom. The van der Waals surface area contributed by atoms with Crippen LogP contribution in [0.3, 0.4) is 0 Å². The molecule has 0 spiro atoms. The van der Waals surface area contributed by atoms with Crippen LogP contribution in [0.2, 0.25) is 0 Å². The first-order chi connectivity index (χ1) is 12.5. The number of aromatic nitrogens is 2. The van der Waals surface area contributed by atoms with Crippen LogP contribution in [0.15, 0.2) is 29.1 Å². The highest BCUT2D eigenvalue weighted by Gasteiger charge is 2.30. The highest BCUT2D eigenvalue weighted by Crippen LogP contribution is 2.40. The Morgan fingerprint density at radius 3 is 2.65 bits per heavy atom. The molecule has 2 heterocycles. The van der Waals surface area contributed by atoms with E-state index in [1.165, 1.54) is 11.8 Å². The van der Waals surface area contributed by atoms with Gasteiger partial charge in [0.05, 0.1) is 23.2 Å². The Balaban J connectivity index is 1.93. The number of unbranched alkanes of at least 4 members (excludes halogenated alkanes) is 1. The van der Waals surface area contributed by atoms with Crippen LogP contribution in [0.5, 0.6) is 5.75 Å². The van der Waals surface area contributed by atoms with E-state index in [2.05, 4.69) is 17.3 Å². The van der Waals surface area contributed by atoms with Gasteiger partial charge >= 0.3 is 0 Å². The molecule has 2 N–H and O–H groups in total. The van der Waals surface area contributed by atoms with Gasteiger partial charge in [-0.1, -0.05) is 25.5 Å². The number of thioether (sulfide) groups is 1. The molecule has 7 heteroatoms. The highest BCUT2D eigenvalue weighted by atomic mass is 32.2. The van der Waals surface area contributed by atoms with Crippen molar-refractivity contribution in [3.05, 3.63) is 45.7 Å². The van der Waals surface area contributed by atoms with Crippen molar-refractivity contribution >= 4 is 23.5 Å². The predicted molar refractivity (Wildman–Crippen MR) is 105 cm³/mol. The van der Waals surface area contributed by atoms with Crippen molar-refractivity contribution in [2.24, 2.45) is 0 Å². The number of rotatable bonds is 6.